The predicted octanol–water partition coefficient (Wildman–Crippen LogP) is 5.23. The molecule has 17 heavy (non-hydrogen) atoms. The molecule has 1 nitrogen and oxygen atoms in total. The van der Waals surface area contributed by atoms with Crippen LogP contribution in [0.15, 0.2) is 41.1 Å². The normalized spacial score (nSPS) is 10.9. The van der Waals surface area contributed by atoms with E-state index in [-0.39, 0.29) is 0 Å². The molecule has 0 amide bonds. The van der Waals surface area contributed by atoms with Crippen LogP contribution in [0.3, 0.4) is 0 Å². The number of hydrogen-bond acceptors (Lipinski definition) is 3. The van der Waals surface area contributed by atoms with Gasteiger partial charge in [0.1, 0.15) is 0 Å². The van der Waals surface area contributed by atoms with E-state index in [1.165, 1.54) is 15.0 Å². The molecule has 2 heterocycles. The van der Waals surface area contributed by atoms with Gasteiger partial charge in [0.2, 0.25) is 0 Å². The monoisotopic (exact) mass is 279 g/mol. The highest BCUT2D eigenvalue weighted by atomic mass is 35.5. The van der Waals surface area contributed by atoms with E-state index in [2.05, 4.69) is 35.0 Å². The lowest BCUT2D eigenvalue weighted by atomic mass is 10.2. The van der Waals surface area contributed by atoms with Crippen molar-refractivity contribution >= 4 is 50.0 Å². The molecule has 3 aromatic rings. The summed E-state index contributed by atoms with van der Waals surface area (Å²) in [5.74, 6) is 0. The smallest absolute Gasteiger partial charge is 0.0516 e. The van der Waals surface area contributed by atoms with Gasteiger partial charge in [0.15, 0.2) is 0 Å². The fourth-order valence-electron chi connectivity index (χ4n) is 1.71. The van der Waals surface area contributed by atoms with Crippen LogP contribution in [-0.4, -0.2) is 0 Å². The third kappa shape index (κ3) is 2.46. The Balaban J connectivity index is 1.76. The van der Waals surface area contributed by atoms with Crippen LogP contribution in [0.2, 0.25) is 5.02 Å². The molecule has 0 aliphatic heterocycles. The Morgan fingerprint density at radius 1 is 1.12 bits per heavy atom. The average Bonchev–Trinajstić information content (AvgIpc) is 2.94. The van der Waals surface area contributed by atoms with Crippen LogP contribution < -0.4 is 5.32 Å². The van der Waals surface area contributed by atoms with Gasteiger partial charge in [0, 0.05) is 27.2 Å². The highest BCUT2D eigenvalue weighted by molar-refractivity contribution is 7.17. The fourth-order valence-corrected chi connectivity index (χ4v) is 3.50. The van der Waals surface area contributed by atoms with Crippen molar-refractivity contribution in [3.05, 3.63) is 51.0 Å². The summed E-state index contributed by atoms with van der Waals surface area (Å²) >= 11 is 9.34. The van der Waals surface area contributed by atoms with E-state index in [1.807, 2.05) is 11.4 Å². The molecule has 0 saturated carbocycles. The zero-order chi connectivity index (χ0) is 11.7. The molecule has 86 valence electrons. The molecule has 0 spiro atoms. The number of fused-ring (bicyclic) bond motifs is 1. The molecule has 0 aliphatic carbocycles. The van der Waals surface area contributed by atoms with Crippen LogP contribution in [0.4, 0.5) is 5.69 Å². The van der Waals surface area contributed by atoms with Crippen molar-refractivity contribution in [2.24, 2.45) is 0 Å². The standard InChI is InChI=1S/C13H10ClNS2/c14-10-6-12(17-8-10)7-15-11-1-2-13-9(5-11)3-4-16-13/h1-6,8,15H,7H2. The number of halogens is 1. The quantitative estimate of drug-likeness (QED) is 0.692. The number of anilines is 1. The summed E-state index contributed by atoms with van der Waals surface area (Å²) in [4.78, 5) is 1.25. The highest BCUT2D eigenvalue weighted by Crippen LogP contribution is 2.25. The molecular weight excluding hydrogens is 270 g/mol. The third-order valence-electron chi connectivity index (χ3n) is 2.54. The van der Waals surface area contributed by atoms with Gasteiger partial charge in [-0.1, -0.05) is 11.6 Å². The second kappa shape index (κ2) is 4.69. The maximum atomic E-state index is 5.89. The number of rotatable bonds is 3. The van der Waals surface area contributed by atoms with Gasteiger partial charge in [-0.05, 0) is 41.1 Å². The molecule has 3 rings (SSSR count). The van der Waals surface area contributed by atoms with Gasteiger partial charge < -0.3 is 5.32 Å². The third-order valence-corrected chi connectivity index (χ3v) is 4.72. The van der Waals surface area contributed by atoms with Gasteiger partial charge in [-0.25, -0.2) is 0 Å². The first-order valence-electron chi connectivity index (χ1n) is 5.25. The van der Waals surface area contributed by atoms with Gasteiger partial charge in [-0.15, -0.1) is 22.7 Å². The van der Waals surface area contributed by atoms with E-state index in [4.69, 9.17) is 11.6 Å². The largest absolute Gasteiger partial charge is 0.380 e. The van der Waals surface area contributed by atoms with Gasteiger partial charge in [-0.2, -0.15) is 0 Å². The maximum Gasteiger partial charge on any atom is 0.0516 e. The topological polar surface area (TPSA) is 12.0 Å². The molecule has 0 fully saturated rings. The highest BCUT2D eigenvalue weighted by Gasteiger charge is 2.00. The average molecular weight is 280 g/mol. The number of benzene rings is 1. The van der Waals surface area contributed by atoms with E-state index in [0.29, 0.717) is 0 Å². The number of hydrogen-bond donors (Lipinski definition) is 1. The number of nitrogens with one attached hydrogen (secondary N) is 1. The summed E-state index contributed by atoms with van der Waals surface area (Å²) in [5, 5.41) is 9.61. The van der Waals surface area contributed by atoms with Gasteiger partial charge >= 0.3 is 0 Å². The van der Waals surface area contributed by atoms with Crippen LogP contribution in [-0.2, 0) is 6.54 Å². The molecule has 0 unspecified atom stereocenters. The van der Waals surface area contributed by atoms with Crippen LogP contribution in [0, 0.1) is 0 Å². The van der Waals surface area contributed by atoms with Crippen LogP contribution in [0.5, 0.6) is 0 Å². The zero-order valence-electron chi connectivity index (χ0n) is 8.94. The van der Waals surface area contributed by atoms with E-state index < -0.39 is 0 Å². The molecule has 2 aromatic heterocycles. The minimum absolute atomic E-state index is 0.820. The molecule has 1 N–H and O–H groups in total. The first kappa shape index (κ1) is 11.1. The van der Waals surface area contributed by atoms with E-state index >= 15 is 0 Å². The van der Waals surface area contributed by atoms with Gasteiger partial charge in [0.25, 0.3) is 0 Å². The SMILES string of the molecule is Clc1csc(CNc2ccc3sccc3c2)c1. The first-order valence-corrected chi connectivity index (χ1v) is 7.39. The maximum absolute atomic E-state index is 5.89. The summed E-state index contributed by atoms with van der Waals surface area (Å²) in [7, 11) is 0. The Hall–Kier alpha value is -1.03. The Morgan fingerprint density at radius 2 is 2.06 bits per heavy atom. The minimum atomic E-state index is 0.820. The van der Waals surface area contributed by atoms with Gasteiger partial charge in [-0.3, -0.25) is 0 Å². The van der Waals surface area contributed by atoms with E-state index in [1.54, 1.807) is 22.7 Å². The number of thiophene rings is 2. The predicted molar refractivity (Wildman–Crippen MR) is 78.5 cm³/mol. The lowest BCUT2D eigenvalue weighted by molar-refractivity contribution is 1.20. The van der Waals surface area contributed by atoms with Crippen LogP contribution in [0.1, 0.15) is 4.88 Å². The van der Waals surface area contributed by atoms with Crippen molar-refractivity contribution in [2.75, 3.05) is 5.32 Å². The molecule has 0 saturated heterocycles. The molecule has 0 aliphatic rings. The van der Waals surface area contributed by atoms with Crippen molar-refractivity contribution in [2.45, 2.75) is 6.54 Å². The lowest BCUT2D eigenvalue weighted by Gasteiger charge is -2.04. The summed E-state index contributed by atoms with van der Waals surface area (Å²) in [6.45, 7) is 0.826. The molecule has 1 aromatic carbocycles. The van der Waals surface area contributed by atoms with Gasteiger partial charge in [0.05, 0.1) is 5.02 Å². The Morgan fingerprint density at radius 3 is 2.88 bits per heavy atom. The molecular formula is C13H10ClNS2. The van der Waals surface area contributed by atoms with Crippen molar-refractivity contribution < 1.29 is 0 Å². The van der Waals surface area contributed by atoms with Crippen LogP contribution in [0.25, 0.3) is 10.1 Å². The zero-order valence-corrected chi connectivity index (χ0v) is 11.3. The Bertz CT molecular complexity index is 641. The summed E-state index contributed by atoms with van der Waals surface area (Å²) < 4.78 is 1.33. The summed E-state index contributed by atoms with van der Waals surface area (Å²) in [6, 6.07) is 10.6. The first-order chi connectivity index (χ1) is 8.31. The molecule has 0 atom stereocenters. The van der Waals surface area contributed by atoms with E-state index in [0.717, 1.165) is 17.3 Å². The van der Waals surface area contributed by atoms with Crippen molar-refractivity contribution in [3.8, 4) is 0 Å². The second-order valence-electron chi connectivity index (χ2n) is 3.76. The van der Waals surface area contributed by atoms with Crippen LogP contribution >= 0.6 is 34.3 Å². The fraction of sp³-hybridized carbons (Fsp3) is 0.0769. The van der Waals surface area contributed by atoms with Crippen molar-refractivity contribution in [3.63, 3.8) is 0 Å². The Kier molecular flexibility index (Phi) is 3.05. The summed E-state index contributed by atoms with van der Waals surface area (Å²) in [5.41, 5.74) is 1.15. The van der Waals surface area contributed by atoms with Crippen molar-refractivity contribution in [1.82, 2.24) is 0 Å². The van der Waals surface area contributed by atoms with E-state index in [9.17, 15) is 0 Å². The minimum Gasteiger partial charge on any atom is -0.380 e. The van der Waals surface area contributed by atoms with Crippen molar-refractivity contribution in [1.29, 1.82) is 0 Å². The Labute approximate surface area is 113 Å². The molecule has 0 radical (unpaired) electrons. The lowest BCUT2D eigenvalue weighted by Crippen LogP contribution is -1.96. The summed E-state index contributed by atoms with van der Waals surface area (Å²) in [6.07, 6.45) is 0. The molecule has 0 bridgehead atoms. The molecule has 4 heteroatoms. The second-order valence-corrected chi connectivity index (χ2v) is 6.14.